The lowest BCUT2D eigenvalue weighted by Crippen LogP contribution is -2.22. The molecule has 0 aliphatic carbocycles. The van der Waals surface area contributed by atoms with Gasteiger partial charge >= 0.3 is 0 Å². The van der Waals surface area contributed by atoms with Gasteiger partial charge in [-0.3, -0.25) is 0 Å². The number of hydrogen-bond acceptors (Lipinski definition) is 0. The highest BCUT2D eigenvalue weighted by molar-refractivity contribution is 6.93. The van der Waals surface area contributed by atoms with Gasteiger partial charge in [0, 0.05) is 0 Å². The van der Waals surface area contributed by atoms with E-state index >= 15 is 0 Å². The first kappa shape index (κ1) is 15.2. The van der Waals surface area contributed by atoms with E-state index in [1.165, 1.54) is 37.7 Å². The van der Waals surface area contributed by atoms with Crippen LogP contribution in [0, 0.1) is 0 Å². The number of allylic oxidation sites excluding steroid dienone is 1. The standard InChI is InChI=1S/C17H28Si/c1-5-6-7-8-12-15-17(18(2,3)4)16-13-10-9-11-14-16/h9-11,13-15H,5-8,12H2,1-4H3. The Morgan fingerprint density at radius 1 is 1.00 bits per heavy atom. The van der Waals surface area contributed by atoms with Crippen LogP contribution in [0.3, 0.4) is 0 Å². The fourth-order valence-corrected chi connectivity index (χ4v) is 4.08. The molecule has 0 nitrogen and oxygen atoms in total. The molecular formula is C17H28Si. The second-order valence-corrected chi connectivity index (χ2v) is 11.1. The van der Waals surface area contributed by atoms with E-state index in [0.29, 0.717) is 0 Å². The van der Waals surface area contributed by atoms with Crippen LogP contribution in [0.1, 0.15) is 44.6 Å². The van der Waals surface area contributed by atoms with Gasteiger partial charge in [-0.15, -0.1) is 0 Å². The third-order valence-electron chi connectivity index (χ3n) is 3.30. The highest BCUT2D eigenvalue weighted by Gasteiger charge is 2.20. The molecule has 0 spiro atoms. The minimum absolute atomic E-state index is 1.23. The van der Waals surface area contributed by atoms with Crippen molar-refractivity contribution >= 4 is 13.3 Å². The van der Waals surface area contributed by atoms with Crippen molar-refractivity contribution < 1.29 is 0 Å². The summed E-state index contributed by atoms with van der Waals surface area (Å²) in [5, 5.41) is 1.62. The summed E-state index contributed by atoms with van der Waals surface area (Å²) in [5.74, 6) is 0. The molecule has 100 valence electrons. The minimum atomic E-state index is -1.23. The maximum atomic E-state index is 2.51. The molecular weight excluding hydrogens is 232 g/mol. The molecule has 1 aromatic rings. The number of unbranched alkanes of at least 4 members (excludes halogenated alkanes) is 4. The van der Waals surface area contributed by atoms with Crippen molar-refractivity contribution in [3.05, 3.63) is 42.0 Å². The zero-order valence-corrected chi connectivity index (χ0v) is 13.5. The highest BCUT2D eigenvalue weighted by Crippen LogP contribution is 2.26. The molecule has 0 bridgehead atoms. The third-order valence-corrected chi connectivity index (χ3v) is 5.41. The Kier molecular flexibility index (Phi) is 6.41. The lowest BCUT2D eigenvalue weighted by atomic mass is 10.1. The van der Waals surface area contributed by atoms with Crippen LogP contribution in [0.4, 0.5) is 0 Å². The molecule has 18 heavy (non-hydrogen) atoms. The summed E-state index contributed by atoms with van der Waals surface area (Å²) >= 11 is 0. The lowest BCUT2D eigenvalue weighted by molar-refractivity contribution is 0.675. The molecule has 0 unspecified atom stereocenters. The molecule has 1 aromatic carbocycles. The molecule has 0 heterocycles. The molecule has 0 aliphatic heterocycles. The van der Waals surface area contributed by atoms with Crippen LogP contribution in [-0.4, -0.2) is 8.07 Å². The summed E-state index contributed by atoms with van der Waals surface area (Å²) in [6.45, 7) is 9.60. The molecule has 1 heteroatoms. The van der Waals surface area contributed by atoms with E-state index in [4.69, 9.17) is 0 Å². The maximum Gasteiger partial charge on any atom is 0.0779 e. The Bertz CT molecular complexity index is 357. The molecule has 0 saturated carbocycles. The van der Waals surface area contributed by atoms with Gasteiger partial charge < -0.3 is 0 Å². The van der Waals surface area contributed by atoms with Crippen LogP contribution in [-0.2, 0) is 0 Å². The Balaban J connectivity index is 2.71. The molecule has 0 amide bonds. The molecule has 0 aliphatic rings. The first-order valence-corrected chi connectivity index (χ1v) is 10.8. The average molecular weight is 260 g/mol. The van der Waals surface area contributed by atoms with Crippen LogP contribution in [0.5, 0.6) is 0 Å². The van der Waals surface area contributed by atoms with Crippen molar-refractivity contribution in [3.63, 3.8) is 0 Å². The topological polar surface area (TPSA) is 0 Å². The van der Waals surface area contributed by atoms with Gasteiger partial charge in [-0.05, 0) is 18.4 Å². The fraction of sp³-hybridized carbons (Fsp3) is 0.529. The van der Waals surface area contributed by atoms with E-state index in [1.807, 2.05) is 0 Å². The average Bonchev–Trinajstić information content (AvgIpc) is 2.33. The van der Waals surface area contributed by atoms with Gasteiger partial charge in [-0.2, -0.15) is 0 Å². The second kappa shape index (κ2) is 7.58. The molecule has 0 atom stereocenters. The quantitative estimate of drug-likeness (QED) is 0.422. The van der Waals surface area contributed by atoms with Gasteiger partial charge in [-0.1, -0.05) is 87.4 Å². The SMILES string of the molecule is CCCCCCC=C(c1ccccc1)[Si](C)(C)C. The molecule has 0 saturated heterocycles. The molecule has 0 radical (unpaired) electrons. The van der Waals surface area contributed by atoms with Crippen molar-refractivity contribution in [2.45, 2.75) is 58.7 Å². The Labute approximate surface area is 114 Å². The number of benzene rings is 1. The maximum absolute atomic E-state index is 2.51. The van der Waals surface area contributed by atoms with E-state index in [1.54, 1.807) is 5.20 Å². The van der Waals surface area contributed by atoms with Crippen molar-refractivity contribution in [2.75, 3.05) is 0 Å². The van der Waals surface area contributed by atoms with Gasteiger partial charge in [0.25, 0.3) is 0 Å². The van der Waals surface area contributed by atoms with Crippen LogP contribution >= 0.6 is 0 Å². The van der Waals surface area contributed by atoms with E-state index in [9.17, 15) is 0 Å². The number of rotatable bonds is 7. The molecule has 0 N–H and O–H groups in total. The van der Waals surface area contributed by atoms with Gasteiger partial charge in [0.1, 0.15) is 0 Å². The fourth-order valence-electron chi connectivity index (χ4n) is 2.29. The molecule has 0 aromatic heterocycles. The second-order valence-electron chi connectivity index (χ2n) is 6.08. The van der Waals surface area contributed by atoms with Crippen molar-refractivity contribution in [1.29, 1.82) is 0 Å². The first-order chi connectivity index (χ1) is 8.55. The minimum Gasteiger partial charge on any atom is -0.0847 e. The zero-order chi connectivity index (χ0) is 13.4. The molecule has 1 rings (SSSR count). The van der Waals surface area contributed by atoms with Crippen molar-refractivity contribution in [2.24, 2.45) is 0 Å². The van der Waals surface area contributed by atoms with E-state index in [-0.39, 0.29) is 0 Å². The zero-order valence-electron chi connectivity index (χ0n) is 12.5. The molecule has 0 fully saturated rings. The summed E-state index contributed by atoms with van der Waals surface area (Å²) in [5.41, 5.74) is 1.44. The summed E-state index contributed by atoms with van der Waals surface area (Å²) in [7, 11) is -1.23. The summed E-state index contributed by atoms with van der Waals surface area (Å²) < 4.78 is 0. The number of hydrogen-bond donors (Lipinski definition) is 0. The monoisotopic (exact) mass is 260 g/mol. The lowest BCUT2D eigenvalue weighted by Gasteiger charge is -2.21. The van der Waals surface area contributed by atoms with E-state index in [2.05, 4.69) is 63.0 Å². The highest BCUT2D eigenvalue weighted by atomic mass is 28.3. The van der Waals surface area contributed by atoms with Gasteiger partial charge in [0.05, 0.1) is 8.07 Å². The summed E-state index contributed by atoms with van der Waals surface area (Å²) in [6, 6.07) is 10.9. The summed E-state index contributed by atoms with van der Waals surface area (Å²) in [4.78, 5) is 0. The van der Waals surface area contributed by atoms with Crippen LogP contribution in [0.15, 0.2) is 36.4 Å². The van der Waals surface area contributed by atoms with Crippen molar-refractivity contribution in [1.82, 2.24) is 0 Å². The van der Waals surface area contributed by atoms with Gasteiger partial charge in [0.2, 0.25) is 0 Å². The van der Waals surface area contributed by atoms with E-state index < -0.39 is 8.07 Å². The third kappa shape index (κ3) is 5.22. The van der Waals surface area contributed by atoms with Crippen LogP contribution in [0.2, 0.25) is 19.6 Å². The summed E-state index contributed by atoms with van der Waals surface area (Å²) in [6.07, 6.45) is 9.17. The predicted octanol–water partition coefficient (Wildman–Crippen LogP) is 5.92. The van der Waals surface area contributed by atoms with Crippen molar-refractivity contribution in [3.8, 4) is 0 Å². The van der Waals surface area contributed by atoms with Crippen LogP contribution in [0.25, 0.3) is 5.20 Å². The Morgan fingerprint density at radius 3 is 2.22 bits per heavy atom. The van der Waals surface area contributed by atoms with Gasteiger partial charge in [-0.25, -0.2) is 0 Å². The normalized spacial score (nSPS) is 12.8. The van der Waals surface area contributed by atoms with E-state index in [0.717, 1.165) is 0 Å². The van der Waals surface area contributed by atoms with Crippen LogP contribution < -0.4 is 0 Å². The van der Waals surface area contributed by atoms with Gasteiger partial charge in [0.15, 0.2) is 0 Å². The smallest absolute Gasteiger partial charge is 0.0779 e. The predicted molar refractivity (Wildman–Crippen MR) is 86.5 cm³/mol. The largest absolute Gasteiger partial charge is 0.0847 e. The Hall–Kier alpha value is -0.823. The first-order valence-electron chi connectivity index (χ1n) is 7.31. The Morgan fingerprint density at radius 2 is 1.67 bits per heavy atom.